The fourth-order valence-electron chi connectivity index (χ4n) is 8.10. The first-order chi connectivity index (χ1) is 29.5. The van der Waals surface area contributed by atoms with E-state index in [1.54, 1.807) is 6.08 Å². The average molecular weight is 846 g/mol. The summed E-state index contributed by atoms with van der Waals surface area (Å²) in [6.07, 6.45) is 59.0. The van der Waals surface area contributed by atoms with E-state index in [0.29, 0.717) is 19.4 Å². The van der Waals surface area contributed by atoms with Gasteiger partial charge in [-0.25, -0.2) is 0 Å². The van der Waals surface area contributed by atoms with Crippen molar-refractivity contribution >= 4 is 11.9 Å². The molecule has 1 amide bonds. The summed E-state index contributed by atoms with van der Waals surface area (Å²) in [6, 6.07) is -0.628. The summed E-state index contributed by atoms with van der Waals surface area (Å²) in [6.45, 7) is 4.86. The number of nitrogens with one attached hydrogen (secondary N) is 1. The van der Waals surface area contributed by atoms with Crippen molar-refractivity contribution in [1.29, 1.82) is 0 Å². The van der Waals surface area contributed by atoms with Gasteiger partial charge in [-0.3, -0.25) is 9.59 Å². The predicted octanol–water partition coefficient (Wildman–Crippen LogP) is 15.9. The zero-order valence-corrected chi connectivity index (χ0v) is 40.2. The quantitative estimate of drug-likeness (QED) is 0.0322. The first kappa shape index (κ1) is 58.3. The van der Waals surface area contributed by atoms with Crippen LogP contribution in [0.5, 0.6) is 0 Å². The van der Waals surface area contributed by atoms with E-state index >= 15 is 0 Å². The van der Waals surface area contributed by atoms with E-state index in [4.69, 9.17) is 4.74 Å². The molecule has 60 heavy (non-hydrogen) atoms. The SMILES string of the molecule is CCCCC/C=C\CCCCCCCC(=O)OCCCCCCCCCCCCCCCCCCCCCC(=O)NC(CO)C(O)/C=C/CCCCCCCCCCCC. The number of esters is 1. The van der Waals surface area contributed by atoms with Crippen molar-refractivity contribution in [2.75, 3.05) is 13.2 Å². The third-order valence-electron chi connectivity index (χ3n) is 12.2. The highest BCUT2D eigenvalue weighted by atomic mass is 16.5. The van der Waals surface area contributed by atoms with Crippen LogP contribution < -0.4 is 5.32 Å². The number of ether oxygens (including phenoxy) is 1. The zero-order chi connectivity index (χ0) is 43.7. The maximum absolute atomic E-state index is 12.4. The molecule has 0 fully saturated rings. The van der Waals surface area contributed by atoms with E-state index in [0.717, 1.165) is 44.9 Å². The van der Waals surface area contributed by atoms with Crippen LogP contribution in [-0.4, -0.2) is 47.4 Å². The van der Waals surface area contributed by atoms with Gasteiger partial charge < -0.3 is 20.3 Å². The van der Waals surface area contributed by atoms with Crippen LogP contribution in [0.2, 0.25) is 0 Å². The molecule has 0 aromatic rings. The topological polar surface area (TPSA) is 95.9 Å². The van der Waals surface area contributed by atoms with E-state index < -0.39 is 12.1 Å². The number of rotatable bonds is 49. The minimum absolute atomic E-state index is 0.00215. The fourth-order valence-corrected chi connectivity index (χ4v) is 8.10. The molecule has 2 atom stereocenters. The standard InChI is InChI=1S/C54H103NO5/c1-3-5-7-9-11-13-15-26-30-34-38-42-46-52(57)51(50-56)55-53(58)47-43-39-35-31-27-24-22-20-18-17-19-21-23-25-29-33-37-41-45-49-60-54(59)48-44-40-36-32-28-16-14-12-10-8-6-4-2/h12,14,42,46,51-52,56-57H,3-11,13,15-41,43-45,47-50H2,1-2H3,(H,55,58)/b14-12-,46-42+. The molecular formula is C54H103NO5. The number of hydrogen-bond acceptors (Lipinski definition) is 5. The lowest BCUT2D eigenvalue weighted by Crippen LogP contribution is -2.45. The normalized spacial score (nSPS) is 12.8. The summed E-state index contributed by atoms with van der Waals surface area (Å²) in [5.74, 6) is -0.0738. The van der Waals surface area contributed by atoms with Gasteiger partial charge in [0.15, 0.2) is 0 Å². The first-order valence-electron chi connectivity index (χ1n) is 26.6. The maximum Gasteiger partial charge on any atom is 0.305 e. The molecule has 0 spiro atoms. The van der Waals surface area contributed by atoms with Crippen LogP contribution in [0.15, 0.2) is 24.3 Å². The van der Waals surface area contributed by atoms with Gasteiger partial charge in [0.05, 0.1) is 25.4 Å². The van der Waals surface area contributed by atoms with Crippen LogP contribution in [0, 0.1) is 0 Å². The highest BCUT2D eigenvalue weighted by Gasteiger charge is 2.18. The van der Waals surface area contributed by atoms with E-state index in [9.17, 15) is 19.8 Å². The second-order valence-corrected chi connectivity index (χ2v) is 18.2. The van der Waals surface area contributed by atoms with E-state index in [1.165, 1.54) is 212 Å². The van der Waals surface area contributed by atoms with E-state index in [-0.39, 0.29) is 18.5 Å². The highest BCUT2D eigenvalue weighted by molar-refractivity contribution is 5.76. The van der Waals surface area contributed by atoms with Gasteiger partial charge in [0.1, 0.15) is 0 Å². The molecule has 0 aromatic heterocycles. The van der Waals surface area contributed by atoms with Gasteiger partial charge in [-0.2, -0.15) is 0 Å². The molecule has 2 unspecified atom stereocenters. The van der Waals surface area contributed by atoms with Crippen molar-refractivity contribution in [3.8, 4) is 0 Å². The lowest BCUT2D eigenvalue weighted by Gasteiger charge is -2.20. The second-order valence-electron chi connectivity index (χ2n) is 18.2. The second kappa shape index (κ2) is 50.0. The molecule has 0 bridgehead atoms. The number of hydrogen-bond donors (Lipinski definition) is 3. The Bertz CT molecular complexity index is 935. The highest BCUT2D eigenvalue weighted by Crippen LogP contribution is 2.16. The number of aliphatic hydroxyl groups is 2. The van der Waals surface area contributed by atoms with Crippen LogP contribution in [0.3, 0.4) is 0 Å². The summed E-state index contributed by atoms with van der Waals surface area (Å²) in [7, 11) is 0. The van der Waals surface area contributed by atoms with Crippen molar-refractivity contribution < 1.29 is 24.5 Å². The monoisotopic (exact) mass is 846 g/mol. The van der Waals surface area contributed by atoms with Gasteiger partial charge in [0.25, 0.3) is 0 Å². The summed E-state index contributed by atoms with van der Waals surface area (Å²) in [4.78, 5) is 24.4. The Morgan fingerprint density at radius 3 is 1.22 bits per heavy atom. The predicted molar refractivity (Wildman–Crippen MR) is 260 cm³/mol. The van der Waals surface area contributed by atoms with E-state index in [2.05, 4.69) is 31.3 Å². The molecular weight excluding hydrogens is 743 g/mol. The molecule has 0 saturated heterocycles. The Labute approximate surface area is 373 Å². The Kier molecular flexibility index (Phi) is 48.6. The minimum atomic E-state index is -0.845. The van der Waals surface area contributed by atoms with Gasteiger partial charge >= 0.3 is 5.97 Å². The Balaban J connectivity index is 3.42. The van der Waals surface area contributed by atoms with Crippen LogP contribution in [-0.2, 0) is 14.3 Å². The summed E-state index contributed by atoms with van der Waals surface area (Å²) < 4.78 is 5.45. The molecule has 0 aliphatic rings. The Hall–Kier alpha value is -1.66. The smallest absolute Gasteiger partial charge is 0.305 e. The molecule has 0 aromatic carbocycles. The number of carbonyl (C=O) groups excluding carboxylic acids is 2. The maximum atomic E-state index is 12.4. The molecule has 0 aliphatic heterocycles. The summed E-state index contributed by atoms with van der Waals surface area (Å²) >= 11 is 0. The van der Waals surface area contributed by atoms with Crippen LogP contribution in [0.1, 0.15) is 284 Å². The number of unbranched alkanes of at least 4 members (excludes halogenated alkanes) is 36. The van der Waals surface area contributed by atoms with Gasteiger partial charge in [-0.1, -0.05) is 237 Å². The van der Waals surface area contributed by atoms with Crippen molar-refractivity contribution in [2.24, 2.45) is 0 Å². The largest absolute Gasteiger partial charge is 0.466 e. The molecule has 0 rings (SSSR count). The molecule has 6 heteroatoms. The van der Waals surface area contributed by atoms with Crippen molar-refractivity contribution in [3.05, 3.63) is 24.3 Å². The number of aliphatic hydroxyl groups excluding tert-OH is 2. The molecule has 0 aliphatic carbocycles. The summed E-state index contributed by atoms with van der Waals surface area (Å²) in [5.41, 5.74) is 0. The molecule has 0 heterocycles. The van der Waals surface area contributed by atoms with Gasteiger partial charge in [0, 0.05) is 12.8 Å². The number of carbonyl (C=O) groups is 2. The first-order valence-corrected chi connectivity index (χ1v) is 26.6. The lowest BCUT2D eigenvalue weighted by atomic mass is 10.0. The van der Waals surface area contributed by atoms with Gasteiger partial charge in [-0.05, 0) is 57.8 Å². The van der Waals surface area contributed by atoms with Crippen LogP contribution >= 0.6 is 0 Å². The van der Waals surface area contributed by atoms with Gasteiger partial charge in [-0.15, -0.1) is 0 Å². The lowest BCUT2D eigenvalue weighted by molar-refractivity contribution is -0.143. The summed E-state index contributed by atoms with van der Waals surface area (Å²) in [5, 5.41) is 23.0. The molecule has 354 valence electrons. The van der Waals surface area contributed by atoms with Crippen LogP contribution in [0.25, 0.3) is 0 Å². The molecule has 0 radical (unpaired) electrons. The van der Waals surface area contributed by atoms with Crippen LogP contribution in [0.4, 0.5) is 0 Å². The Morgan fingerprint density at radius 1 is 0.450 bits per heavy atom. The van der Waals surface area contributed by atoms with Crippen molar-refractivity contribution in [2.45, 2.75) is 296 Å². The molecule has 0 saturated carbocycles. The van der Waals surface area contributed by atoms with Crippen molar-refractivity contribution in [3.63, 3.8) is 0 Å². The van der Waals surface area contributed by atoms with E-state index in [1.807, 2.05) is 6.08 Å². The average Bonchev–Trinajstić information content (AvgIpc) is 3.25. The van der Waals surface area contributed by atoms with Crippen molar-refractivity contribution in [1.82, 2.24) is 5.32 Å². The van der Waals surface area contributed by atoms with Gasteiger partial charge in [0.2, 0.25) is 5.91 Å². The minimum Gasteiger partial charge on any atom is -0.466 e. The third-order valence-corrected chi connectivity index (χ3v) is 12.2. The number of amides is 1. The molecule has 3 N–H and O–H groups in total. The molecule has 6 nitrogen and oxygen atoms in total. The number of allylic oxidation sites excluding steroid dienone is 3. The third kappa shape index (κ3) is 45.9. The Morgan fingerprint density at radius 2 is 0.783 bits per heavy atom. The fraction of sp³-hybridized carbons (Fsp3) is 0.889. The zero-order valence-electron chi connectivity index (χ0n) is 40.2.